The first-order valence-corrected chi connectivity index (χ1v) is 11.6. The number of para-hydroxylation sites is 1. The normalized spacial score (nSPS) is 22.0. The monoisotopic (exact) mass is 487 g/mol. The molecule has 2 heterocycles. The Bertz CT molecular complexity index is 1130. The van der Waals surface area contributed by atoms with E-state index in [9.17, 15) is 18.0 Å². The van der Waals surface area contributed by atoms with Gasteiger partial charge in [0.15, 0.2) is 0 Å². The Morgan fingerprint density at radius 1 is 1.23 bits per heavy atom. The van der Waals surface area contributed by atoms with Gasteiger partial charge >= 0.3 is 6.18 Å². The van der Waals surface area contributed by atoms with Gasteiger partial charge in [0.1, 0.15) is 5.75 Å². The third-order valence-electron chi connectivity index (χ3n) is 7.06. The lowest BCUT2D eigenvalue weighted by Gasteiger charge is -2.44. The van der Waals surface area contributed by atoms with Gasteiger partial charge in [0.2, 0.25) is 0 Å². The van der Waals surface area contributed by atoms with Crippen molar-refractivity contribution in [2.45, 2.75) is 19.5 Å². The van der Waals surface area contributed by atoms with Crippen molar-refractivity contribution < 1.29 is 27.4 Å². The highest BCUT2D eigenvalue weighted by Gasteiger charge is 2.51. The molecule has 0 bridgehead atoms. The van der Waals surface area contributed by atoms with E-state index in [1.165, 1.54) is 6.07 Å². The molecule has 2 atom stereocenters. The van der Waals surface area contributed by atoms with Crippen LogP contribution in [-0.2, 0) is 10.9 Å². The standard InChI is InChI=1S/C26H28F3N3O3/c1-3-35-23-7-5-4-6-21(23)24(33)32-15-19-14-31(11-10-25(19,16-32)17-34-2)20-9-8-18(13-30)22(12-20)26(27,28)29/h4-9,12,19H,3,10-11,14-17H2,1-2H3/t19-,25+/m1/s1. The Hall–Kier alpha value is -3.25. The smallest absolute Gasteiger partial charge is 0.417 e. The van der Waals surface area contributed by atoms with Gasteiger partial charge in [-0.05, 0) is 43.7 Å². The van der Waals surface area contributed by atoms with E-state index < -0.39 is 17.3 Å². The zero-order chi connectivity index (χ0) is 25.2. The molecule has 35 heavy (non-hydrogen) atoms. The maximum Gasteiger partial charge on any atom is 0.417 e. The fraction of sp³-hybridized carbons (Fsp3) is 0.462. The molecule has 0 N–H and O–H groups in total. The van der Waals surface area contributed by atoms with Crippen LogP contribution in [0.5, 0.6) is 5.75 Å². The van der Waals surface area contributed by atoms with E-state index in [2.05, 4.69) is 0 Å². The quantitative estimate of drug-likeness (QED) is 0.596. The van der Waals surface area contributed by atoms with Crippen LogP contribution in [0.4, 0.5) is 18.9 Å². The van der Waals surface area contributed by atoms with E-state index in [0.717, 1.165) is 6.07 Å². The molecule has 2 aromatic carbocycles. The van der Waals surface area contributed by atoms with Gasteiger partial charge in [0.25, 0.3) is 5.91 Å². The van der Waals surface area contributed by atoms with Crippen molar-refractivity contribution in [1.82, 2.24) is 4.90 Å². The number of carbonyl (C=O) groups excluding carboxylic acids is 1. The number of amides is 1. The van der Waals surface area contributed by atoms with Gasteiger partial charge in [0.05, 0.1) is 36.0 Å². The number of halogens is 3. The Balaban J connectivity index is 1.59. The minimum absolute atomic E-state index is 0.0179. The number of fused-ring (bicyclic) bond motifs is 1. The number of likely N-dealkylation sites (tertiary alicyclic amines) is 1. The topological polar surface area (TPSA) is 65.8 Å². The summed E-state index contributed by atoms with van der Waals surface area (Å²) in [5.41, 5.74) is -0.672. The van der Waals surface area contributed by atoms with Crippen molar-refractivity contribution >= 4 is 11.6 Å². The first-order chi connectivity index (χ1) is 16.7. The van der Waals surface area contributed by atoms with Crippen LogP contribution in [0.25, 0.3) is 0 Å². The van der Waals surface area contributed by atoms with E-state index in [1.807, 2.05) is 22.8 Å². The summed E-state index contributed by atoms with van der Waals surface area (Å²) in [6.45, 7) is 4.77. The van der Waals surface area contributed by atoms with Gasteiger partial charge < -0.3 is 19.3 Å². The van der Waals surface area contributed by atoms with E-state index in [4.69, 9.17) is 14.7 Å². The van der Waals surface area contributed by atoms with Gasteiger partial charge in [-0.1, -0.05) is 12.1 Å². The second kappa shape index (κ2) is 9.78. The lowest BCUT2D eigenvalue weighted by Crippen LogP contribution is -2.49. The largest absolute Gasteiger partial charge is 0.493 e. The molecule has 0 aliphatic carbocycles. The van der Waals surface area contributed by atoms with Gasteiger partial charge in [-0.3, -0.25) is 4.79 Å². The average Bonchev–Trinajstić information content (AvgIpc) is 3.22. The zero-order valence-electron chi connectivity index (χ0n) is 19.8. The minimum Gasteiger partial charge on any atom is -0.493 e. The number of ether oxygens (including phenoxy) is 2. The van der Waals surface area contributed by atoms with Crippen molar-refractivity contribution in [1.29, 1.82) is 5.26 Å². The van der Waals surface area contributed by atoms with Crippen molar-refractivity contribution in [2.24, 2.45) is 11.3 Å². The summed E-state index contributed by atoms with van der Waals surface area (Å²) < 4.78 is 51.7. The van der Waals surface area contributed by atoms with Gasteiger partial charge in [-0.25, -0.2) is 0 Å². The summed E-state index contributed by atoms with van der Waals surface area (Å²) in [4.78, 5) is 17.2. The molecule has 0 radical (unpaired) electrons. The fourth-order valence-corrected chi connectivity index (χ4v) is 5.35. The molecule has 2 saturated heterocycles. The Labute approximate surface area is 202 Å². The molecule has 4 rings (SSSR count). The number of carbonyl (C=O) groups is 1. The molecule has 1 amide bonds. The van der Waals surface area contributed by atoms with Crippen LogP contribution in [-0.4, -0.2) is 57.3 Å². The number of benzene rings is 2. The molecular formula is C26H28F3N3O3. The molecule has 186 valence electrons. The number of nitriles is 1. The Morgan fingerprint density at radius 3 is 2.69 bits per heavy atom. The number of nitrogens with zero attached hydrogens (tertiary/aromatic N) is 3. The number of alkyl halides is 3. The lowest BCUT2D eigenvalue weighted by molar-refractivity contribution is -0.137. The number of rotatable bonds is 6. The fourth-order valence-electron chi connectivity index (χ4n) is 5.35. The van der Waals surface area contributed by atoms with Crippen LogP contribution in [0.15, 0.2) is 42.5 Å². The van der Waals surface area contributed by atoms with Crippen LogP contribution in [0.1, 0.15) is 34.8 Å². The summed E-state index contributed by atoms with van der Waals surface area (Å²) >= 11 is 0. The molecular weight excluding hydrogens is 459 g/mol. The van der Waals surface area contributed by atoms with Crippen molar-refractivity contribution in [2.75, 3.05) is 51.4 Å². The van der Waals surface area contributed by atoms with Crippen molar-refractivity contribution in [3.05, 3.63) is 59.2 Å². The van der Waals surface area contributed by atoms with E-state index in [1.54, 1.807) is 37.4 Å². The van der Waals surface area contributed by atoms with Crippen molar-refractivity contribution in [3.8, 4) is 11.8 Å². The van der Waals surface area contributed by atoms with Crippen molar-refractivity contribution in [3.63, 3.8) is 0 Å². The maximum absolute atomic E-state index is 13.5. The lowest BCUT2D eigenvalue weighted by atomic mass is 9.73. The second-order valence-corrected chi connectivity index (χ2v) is 9.14. The first-order valence-electron chi connectivity index (χ1n) is 11.6. The van der Waals surface area contributed by atoms with E-state index in [0.29, 0.717) is 62.8 Å². The third kappa shape index (κ3) is 4.80. The summed E-state index contributed by atoms with van der Waals surface area (Å²) in [6.07, 6.45) is -3.94. The highest BCUT2D eigenvalue weighted by atomic mass is 19.4. The van der Waals surface area contributed by atoms with Crippen LogP contribution < -0.4 is 9.64 Å². The minimum atomic E-state index is -4.61. The predicted octanol–water partition coefficient (Wildman–Crippen LogP) is 4.59. The predicted molar refractivity (Wildman–Crippen MR) is 124 cm³/mol. The van der Waals surface area contributed by atoms with Gasteiger partial charge in [-0.15, -0.1) is 0 Å². The molecule has 6 nitrogen and oxygen atoms in total. The van der Waals surface area contributed by atoms with E-state index in [-0.39, 0.29) is 17.2 Å². The van der Waals surface area contributed by atoms with Crippen LogP contribution >= 0.6 is 0 Å². The van der Waals surface area contributed by atoms with Crippen LogP contribution in [0.2, 0.25) is 0 Å². The molecule has 2 aliphatic heterocycles. The Morgan fingerprint density at radius 2 is 2.00 bits per heavy atom. The molecule has 2 aromatic rings. The van der Waals surface area contributed by atoms with Crippen LogP contribution in [0.3, 0.4) is 0 Å². The van der Waals surface area contributed by atoms with Gasteiger partial charge in [0, 0.05) is 50.3 Å². The summed E-state index contributed by atoms with van der Waals surface area (Å²) in [7, 11) is 1.63. The number of hydrogen-bond acceptors (Lipinski definition) is 5. The molecule has 0 saturated carbocycles. The molecule has 0 unspecified atom stereocenters. The number of hydrogen-bond donors (Lipinski definition) is 0. The first kappa shape index (κ1) is 24.9. The SMILES string of the molecule is CCOc1ccccc1C(=O)N1C[C@H]2CN(c3ccc(C#N)c(C(F)(F)F)c3)CC[C@@]2(COC)C1. The average molecular weight is 488 g/mol. The highest BCUT2D eigenvalue weighted by Crippen LogP contribution is 2.45. The molecule has 0 aromatic heterocycles. The zero-order valence-corrected chi connectivity index (χ0v) is 19.8. The Kier molecular flexibility index (Phi) is 6.95. The molecule has 2 aliphatic rings. The molecule has 2 fully saturated rings. The number of methoxy groups -OCH3 is 1. The number of piperidine rings is 1. The third-order valence-corrected chi connectivity index (χ3v) is 7.06. The number of anilines is 1. The summed E-state index contributed by atoms with van der Waals surface area (Å²) in [6, 6.07) is 12.6. The second-order valence-electron chi connectivity index (χ2n) is 9.14. The van der Waals surface area contributed by atoms with Gasteiger partial charge in [-0.2, -0.15) is 18.4 Å². The maximum atomic E-state index is 13.5. The summed E-state index contributed by atoms with van der Waals surface area (Å²) in [5.74, 6) is 0.433. The molecule has 0 spiro atoms. The summed E-state index contributed by atoms with van der Waals surface area (Å²) in [5, 5.41) is 9.10. The molecule has 9 heteroatoms. The highest BCUT2D eigenvalue weighted by molar-refractivity contribution is 5.97. The van der Waals surface area contributed by atoms with E-state index >= 15 is 0 Å². The van der Waals surface area contributed by atoms with Crippen LogP contribution in [0, 0.1) is 22.7 Å².